The third kappa shape index (κ3) is 1.60. The molecule has 0 amide bonds. The molecule has 0 radical (unpaired) electrons. The lowest BCUT2D eigenvalue weighted by Gasteiger charge is -2.29. The van der Waals surface area contributed by atoms with Gasteiger partial charge in [-0.15, -0.1) is 0 Å². The van der Waals surface area contributed by atoms with E-state index in [9.17, 15) is 0 Å². The number of methoxy groups -OCH3 is 1. The summed E-state index contributed by atoms with van der Waals surface area (Å²) in [5, 5.41) is 3.68. The Kier molecular flexibility index (Phi) is 2.39. The van der Waals surface area contributed by atoms with E-state index in [0.29, 0.717) is 12.0 Å². The lowest BCUT2D eigenvalue weighted by atomic mass is 9.85. The fourth-order valence-corrected chi connectivity index (χ4v) is 3.52. The standard InChI is InChI=1S/C17H17NO/c1-19-12-6-7-14-15(9-12)16-10-18-17(14)8-11-4-2-3-5-13(11)16/h2-7,9,16-18H,8,10H2,1H3/t16-,17-/m0/s1. The molecular formula is C17H17NO. The fourth-order valence-electron chi connectivity index (χ4n) is 3.52. The second-order valence-electron chi connectivity index (χ2n) is 5.41. The second kappa shape index (κ2) is 4.10. The lowest BCUT2D eigenvalue weighted by Crippen LogP contribution is -2.31. The molecule has 2 aromatic carbocycles. The predicted octanol–water partition coefficient (Wildman–Crippen LogP) is 3.03. The van der Waals surface area contributed by atoms with Crippen LogP contribution < -0.4 is 10.1 Å². The van der Waals surface area contributed by atoms with Gasteiger partial charge in [0.05, 0.1) is 7.11 Å². The lowest BCUT2D eigenvalue weighted by molar-refractivity contribution is 0.411. The number of nitrogens with one attached hydrogen (secondary N) is 1. The molecule has 0 fully saturated rings. The van der Waals surface area contributed by atoms with Crippen molar-refractivity contribution in [1.82, 2.24) is 5.32 Å². The van der Waals surface area contributed by atoms with Crippen LogP contribution in [-0.2, 0) is 6.42 Å². The van der Waals surface area contributed by atoms with E-state index in [4.69, 9.17) is 4.74 Å². The highest BCUT2D eigenvalue weighted by molar-refractivity contribution is 5.51. The van der Waals surface area contributed by atoms with Gasteiger partial charge in [0.2, 0.25) is 0 Å². The molecule has 3 aliphatic rings. The molecule has 19 heavy (non-hydrogen) atoms. The van der Waals surface area contributed by atoms with Crippen molar-refractivity contribution in [2.75, 3.05) is 13.7 Å². The highest BCUT2D eigenvalue weighted by Gasteiger charge is 2.33. The molecule has 1 N–H and O–H groups in total. The molecule has 0 unspecified atom stereocenters. The van der Waals surface area contributed by atoms with Crippen LogP contribution in [0.3, 0.4) is 0 Å². The summed E-state index contributed by atoms with van der Waals surface area (Å²) in [6.45, 7) is 1.03. The molecule has 0 saturated carbocycles. The first kappa shape index (κ1) is 11.1. The van der Waals surface area contributed by atoms with Crippen molar-refractivity contribution in [3.63, 3.8) is 0 Å². The SMILES string of the molecule is COc1ccc2c(c1)[C@H]1CN[C@H]2Cc2ccccc21. The van der Waals surface area contributed by atoms with Crippen molar-refractivity contribution < 1.29 is 4.74 Å². The van der Waals surface area contributed by atoms with E-state index in [2.05, 4.69) is 47.8 Å². The van der Waals surface area contributed by atoms with Crippen LogP contribution in [0.4, 0.5) is 0 Å². The zero-order valence-electron chi connectivity index (χ0n) is 11.0. The Balaban J connectivity index is 1.94. The van der Waals surface area contributed by atoms with E-state index in [0.717, 1.165) is 18.7 Å². The van der Waals surface area contributed by atoms with E-state index in [1.165, 1.54) is 22.3 Å². The maximum atomic E-state index is 5.40. The van der Waals surface area contributed by atoms with Crippen molar-refractivity contribution in [2.24, 2.45) is 0 Å². The molecule has 1 aliphatic carbocycles. The highest BCUT2D eigenvalue weighted by Crippen LogP contribution is 2.42. The first-order valence-corrected chi connectivity index (χ1v) is 6.86. The topological polar surface area (TPSA) is 21.3 Å². The van der Waals surface area contributed by atoms with Crippen molar-refractivity contribution in [3.05, 3.63) is 64.7 Å². The number of benzene rings is 2. The molecular weight excluding hydrogens is 234 g/mol. The average molecular weight is 251 g/mol. The zero-order valence-corrected chi connectivity index (χ0v) is 11.0. The van der Waals surface area contributed by atoms with Crippen LogP contribution >= 0.6 is 0 Å². The van der Waals surface area contributed by atoms with E-state index in [1.807, 2.05) is 0 Å². The third-order valence-electron chi connectivity index (χ3n) is 4.47. The molecule has 2 bridgehead atoms. The minimum Gasteiger partial charge on any atom is -0.497 e. The van der Waals surface area contributed by atoms with Gasteiger partial charge in [0, 0.05) is 18.5 Å². The first-order valence-electron chi connectivity index (χ1n) is 6.86. The second-order valence-corrected chi connectivity index (χ2v) is 5.41. The van der Waals surface area contributed by atoms with Crippen molar-refractivity contribution in [1.29, 1.82) is 0 Å². The Hall–Kier alpha value is -1.80. The first-order chi connectivity index (χ1) is 9.36. The molecule has 5 rings (SSSR count). The summed E-state index contributed by atoms with van der Waals surface area (Å²) < 4.78 is 5.40. The third-order valence-corrected chi connectivity index (χ3v) is 4.47. The molecule has 2 atom stereocenters. The van der Waals surface area contributed by atoms with Crippen LogP contribution in [0.2, 0.25) is 0 Å². The molecule has 0 saturated heterocycles. The summed E-state index contributed by atoms with van der Waals surface area (Å²) in [6.07, 6.45) is 1.09. The van der Waals surface area contributed by atoms with Gasteiger partial charge in [-0.05, 0) is 40.8 Å². The van der Waals surface area contributed by atoms with Gasteiger partial charge in [0.15, 0.2) is 0 Å². The quantitative estimate of drug-likeness (QED) is 0.841. The van der Waals surface area contributed by atoms with Gasteiger partial charge >= 0.3 is 0 Å². The van der Waals surface area contributed by atoms with Gasteiger partial charge in [-0.25, -0.2) is 0 Å². The smallest absolute Gasteiger partial charge is 0.119 e. The Morgan fingerprint density at radius 1 is 1.05 bits per heavy atom. The summed E-state index contributed by atoms with van der Waals surface area (Å²) in [7, 11) is 1.74. The monoisotopic (exact) mass is 251 g/mol. The Morgan fingerprint density at radius 3 is 2.84 bits per heavy atom. The Labute approximate surface area is 113 Å². The summed E-state index contributed by atoms with van der Waals surface area (Å²) in [5.41, 5.74) is 5.84. The largest absolute Gasteiger partial charge is 0.497 e. The normalized spacial score (nSPS) is 23.4. The van der Waals surface area contributed by atoms with Gasteiger partial charge < -0.3 is 10.1 Å². The zero-order chi connectivity index (χ0) is 12.8. The van der Waals surface area contributed by atoms with E-state index < -0.39 is 0 Å². The maximum Gasteiger partial charge on any atom is 0.119 e. The number of ether oxygens (including phenoxy) is 1. The van der Waals surface area contributed by atoms with Crippen molar-refractivity contribution >= 4 is 0 Å². The minimum atomic E-state index is 0.445. The molecule has 96 valence electrons. The van der Waals surface area contributed by atoms with Gasteiger partial charge in [-0.2, -0.15) is 0 Å². The molecule has 2 aromatic rings. The highest BCUT2D eigenvalue weighted by atomic mass is 16.5. The van der Waals surface area contributed by atoms with E-state index in [1.54, 1.807) is 7.11 Å². The number of fused-ring (bicyclic) bond motifs is 1. The van der Waals surface area contributed by atoms with Gasteiger partial charge in [-0.3, -0.25) is 0 Å². The molecule has 2 heterocycles. The molecule has 2 heteroatoms. The summed E-state index contributed by atoms with van der Waals surface area (Å²) in [5.74, 6) is 1.42. The average Bonchev–Trinajstić information content (AvgIpc) is 2.73. The molecule has 2 aliphatic heterocycles. The van der Waals surface area contributed by atoms with Gasteiger partial charge in [0.1, 0.15) is 5.75 Å². The maximum absolute atomic E-state index is 5.40. The number of hydrogen-bond donors (Lipinski definition) is 1. The Bertz CT molecular complexity index is 635. The van der Waals surface area contributed by atoms with Crippen LogP contribution in [0.1, 0.15) is 34.2 Å². The number of hydrogen-bond acceptors (Lipinski definition) is 2. The van der Waals surface area contributed by atoms with E-state index >= 15 is 0 Å². The van der Waals surface area contributed by atoms with Crippen molar-refractivity contribution in [2.45, 2.75) is 18.4 Å². The van der Waals surface area contributed by atoms with Crippen LogP contribution in [-0.4, -0.2) is 13.7 Å². The Morgan fingerprint density at radius 2 is 1.95 bits per heavy atom. The minimum absolute atomic E-state index is 0.445. The predicted molar refractivity (Wildman–Crippen MR) is 75.7 cm³/mol. The summed E-state index contributed by atoms with van der Waals surface area (Å²) in [4.78, 5) is 0. The fraction of sp³-hybridized carbons (Fsp3) is 0.294. The van der Waals surface area contributed by atoms with Crippen LogP contribution in [0.15, 0.2) is 42.5 Å². The van der Waals surface area contributed by atoms with Crippen molar-refractivity contribution in [3.8, 4) is 5.75 Å². The number of rotatable bonds is 1. The van der Waals surface area contributed by atoms with Gasteiger partial charge in [-0.1, -0.05) is 30.3 Å². The molecule has 2 nitrogen and oxygen atoms in total. The summed E-state index contributed by atoms with van der Waals surface area (Å²) >= 11 is 0. The molecule has 0 aromatic heterocycles. The van der Waals surface area contributed by atoms with Crippen LogP contribution in [0.25, 0.3) is 0 Å². The molecule has 0 spiro atoms. The summed E-state index contributed by atoms with van der Waals surface area (Å²) in [6, 6.07) is 15.8. The van der Waals surface area contributed by atoms with Crippen LogP contribution in [0.5, 0.6) is 5.75 Å². The van der Waals surface area contributed by atoms with Crippen LogP contribution in [0, 0.1) is 0 Å². The van der Waals surface area contributed by atoms with Gasteiger partial charge in [0.25, 0.3) is 0 Å². The van der Waals surface area contributed by atoms with E-state index in [-0.39, 0.29) is 0 Å².